The van der Waals surface area contributed by atoms with Gasteiger partial charge in [0.25, 0.3) is 15.6 Å². The Bertz CT molecular complexity index is 1460. The standard InChI is InChI=1S/C22H18ClN5O3S/c1-15-21(22(29)28(26-15)19-10-3-2-4-11-19)25-24-17-8-6-12-20(14-17)32(30,31)27-18-9-5-7-16(23)13-18/h2-14,26-27H,1H3. The van der Waals surface area contributed by atoms with Gasteiger partial charge in [-0.15, -0.1) is 5.11 Å². The lowest BCUT2D eigenvalue weighted by Gasteiger charge is -2.08. The number of aromatic nitrogens is 2. The van der Waals surface area contributed by atoms with E-state index in [4.69, 9.17) is 11.6 Å². The van der Waals surface area contributed by atoms with Crippen LogP contribution in [0.25, 0.3) is 5.69 Å². The highest BCUT2D eigenvalue weighted by molar-refractivity contribution is 7.92. The molecule has 32 heavy (non-hydrogen) atoms. The van der Waals surface area contributed by atoms with Crippen LogP contribution in [0.3, 0.4) is 0 Å². The van der Waals surface area contributed by atoms with Crippen molar-refractivity contribution >= 4 is 38.7 Å². The number of benzene rings is 3. The Balaban J connectivity index is 1.61. The molecule has 4 aromatic rings. The number of azo groups is 1. The number of hydrogen-bond acceptors (Lipinski definition) is 5. The van der Waals surface area contributed by atoms with Gasteiger partial charge in [0, 0.05) is 5.02 Å². The zero-order chi connectivity index (χ0) is 22.7. The quantitative estimate of drug-likeness (QED) is 0.373. The zero-order valence-electron chi connectivity index (χ0n) is 16.9. The molecule has 0 radical (unpaired) electrons. The SMILES string of the molecule is Cc1[nH]n(-c2ccccc2)c(=O)c1N=Nc1cccc(S(=O)(=O)Nc2cccc(Cl)c2)c1. The molecule has 4 rings (SSSR count). The van der Waals surface area contributed by atoms with E-state index in [1.807, 2.05) is 18.2 Å². The van der Waals surface area contributed by atoms with Crippen LogP contribution in [0.1, 0.15) is 5.69 Å². The first-order valence-corrected chi connectivity index (χ1v) is 11.4. The van der Waals surface area contributed by atoms with Gasteiger partial charge >= 0.3 is 0 Å². The van der Waals surface area contributed by atoms with Crippen LogP contribution in [0.15, 0.2) is 98.8 Å². The number of H-pyrrole nitrogens is 1. The van der Waals surface area contributed by atoms with Crippen LogP contribution < -0.4 is 10.3 Å². The minimum Gasteiger partial charge on any atom is -0.293 e. The lowest BCUT2D eigenvalue weighted by atomic mass is 10.3. The van der Waals surface area contributed by atoms with Gasteiger partial charge in [-0.3, -0.25) is 14.6 Å². The highest BCUT2D eigenvalue weighted by Gasteiger charge is 2.16. The molecule has 8 nitrogen and oxygen atoms in total. The number of anilines is 1. The van der Waals surface area contributed by atoms with Gasteiger partial charge in [0.15, 0.2) is 5.69 Å². The first-order valence-electron chi connectivity index (χ1n) is 9.51. The third-order valence-corrected chi connectivity index (χ3v) is 6.14. The highest BCUT2D eigenvalue weighted by Crippen LogP contribution is 2.24. The van der Waals surface area contributed by atoms with Crippen LogP contribution in [0.5, 0.6) is 0 Å². The number of aromatic amines is 1. The van der Waals surface area contributed by atoms with Crippen LogP contribution in [0.2, 0.25) is 5.02 Å². The zero-order valence-corrected chi connectivity index (χ0v) is 18.4. The van der Waals surface area contributed by atoms with E-state index >= 15 is 0 Å². The molecule has 0 aliphatic carbocycles. The Hall–Kier alpha value is -3.69. The van der Waals surface area contributed by atoms with Crippen LogP contribution >= 0.6 is 11.6 Å². The van der Waals surface area contributed by atoms with Crippen LogP contribution in [0.4, 0.5) is 17.1 Å². The van der Waals surface area contributed by atoms with Crippen molar-refractivity contribution in [1.82, 2.24) is 9.78 Å². The normalized spacial score (nSPS) is 11.7. The fourth-order valence-corrected chi connectivity index (χ4v) is 4.28. The van der Waals surface area contributed by atoms with E-state index in [9.17, 15) is 13.2 Å². The number of halogens is 1. The smallest absolute Gasteiger partial charge is 0.293 e. The Kier molecular flexibility index (Phi) is 5.93. The first-order chi connectivity index (χ1) is 15.3. The number of nitrogens with one attached hydrogen (secondary N) is 2. The Labute approximate surface area is 189 Å². The second kappa shape index (κ2) is 8.81. The number of aryl methyl sites for hydroxylation is 1. The van der Waals surface area contributed by atoms with E-state index in [1.165, 1.54) is 22.9 Å². The van der Waals surface area contributed by atoms with E-state index in [1.54, 1.807) is 49.4 Å². The molecule has 0 atom stereocenters. The van der Waals surface area contributed by atoms with Crippen molar-refractivity contribution in [1.29, 1.82) is 0 Å². The van der Waals surface area contributed by atoms with Crippen molar-refractivity contribution in [2.45, 2.75) is 11.8 Å². The van der Waals surface area contributed by atoms with Gasteiger partial charge < -0.3 is 0 Å². The topological polar surface area (TPSA) is 109 Å². The average molecular weight is 468 g/mol. The lowest BCUT2D eigenvalue weighted by Crippen LogP contribution is -2.13. The maximum Gasteiger partial charge on any atom is 0.299 e. The van der Waals surface area contributed by atoms with Crippen molar-refractivity contribution < 1.29 is 8.42 Å². The van der Waals surface area contributed by atoms with Crippen molar-refractivity contribution in [2.75, 3.05) is 4.72 Å². The molecule has 0 amide bonds. The second-order valence-electron chi connectivity index (χ2n) is 6.87. The van der Waals surface area contributed by atoms with E-state index in [2.05, 4.69) is 20.0 Å². The molecule has 0 saturated heterocycles. The number of sulfonamides is 1. The summed E-state index contributed by atoms with van der Waals surface area (Å²) in [5.74, 6) is 0. The second-order valence-corrected chi connectivity index (χ2v) is 8.99. The molecule has 0 aliphatic rings. The fraction of sp³-hybridized carbons (Fsp3) is 0.0455. The van der Waals surface area contributed by atoms with Gasteiger partial charge in [-0.25, -0.2) is 13.1 Å². The van der Waals surface area contributed by atoms with Crippen LogP contribution in [-0.2, 0) is 10.0 Å². The summed E-state index contributed by atoms with van der Waals surface area (Å²) in [6.07, 6.45) is 0. The summed E-state index contributed by atoms with van der Waals surface area (Å²) >= 11 is 5.92. The summed E-state index contributed by atoms with van der Waals surface area (Å²) in [6.45, 7) is 1.71. The molecular formula is C22H18ClN5O3S. The molecule has 0 fully saturated rings. The number of hydrogen-bond donors (Lipinski definition) is 2. The number of para-hydroxylation sites is 1. The molecule has 3 aromatic carbocycles. The highest BCUT2D eigenvalue weighted by atomic mass is 35.5. The van der Waals surface area contributed by atoms with Gasteiger partial charge in [-0.2, -0.15) is 5.11 Å². The van der Waals surface area contributed by atoms with Crippen molar-refractivity contribution in [3.05, 3.63) is 99.9 Å². The Morgan fingerprint density at radius 1 is 0.938 bits per heavy atom. The summed E-state index contributed by atoms with van der Waals surface area (Å²) in [7, 11) is -3.87. The lowest BCUT2D eigenvalue weighted by molar-refractivity contribution is 0.601. The van der Waals surface area contributed by atoms with E-state index < -0.39 is 10.0 Å². The molecule has 0 spiro atoms. The molecule has 1 heterocycles. The molecule has 10 heteroatoms. The summed E-state index contributed by atoms with van der Waals surface area (Å²) in [4.78, 5) is 12.7. The van der Waals surface area contributed by atoms with E-state index in [0.717, 1.165) is 0 Å². The van der Waals surface area contributed by atoms with Gasteiger partial charge in [0.05, 0.1) is 27.7 Å². The molecule has 0 bridgehead atoms. The van der Waals surface area contributed by atoms with Crippen molar-refractivity contribution in [3.8, 4) is 5.69 Å². The van der Waals surface area contributed by atoms with Gasteiger partial charge in [0.1, 0.15) is 0 Å². The van der Waals surface area contributed by atoms with Gasteiger partial charge in [-0.05, 0) is 55.5 Å². The summed E-state index contributed by atoms with van der Waals surface area (Å²) < 4.78 is 29.3. The minimum absolute atomic E-state index is 0.00131. The fourth-order valence-electron chi connectivity index (χ4n) is 3.00. The maximum absolute atomic E-state index is 12.7. The van der Waals surface area contributed by atoms with E-state index in [-0.39, 0.29) is 21.8 Å². The predicted octanol–water partition coefficient (Wildman–Crippen LogP) is 5.34. The Morgan fingerprint density at radius 3 is 2.44 bits per heavy atom. The molecule has 2 N–H and O–H groups in total. The molecule has 1 aromatic heterocycles. The molecule has 0 aliphatic heterocycles. The summed E-state index contributed by atoms with van der Waals surface area (Å²) in [6, 6.07) is 21.4. The molecular weight excluding hydrogens is 450 g/mol. The number of rotatable bonds is 6. The average Bonchev–Trinajstić information content (AvgIpc) is 3.06. The first kappa shape index (κ1) is 21.5. The third-order valence-electron chi connectivity index (χ3n) is 4.52. The summed E-state index contributed by atoms with van der Waals surface area (Å²) in [5.41, 5.74) is 1.61. The van der Waals surface area contributed by atoms with Gasteiger partial charge in [0.2, 0.25) is 0 Å². The van der Waals surface area contributed by atoms with Crippen LogP contribution in [-0.4, -0.2) is 18.2 Å². The predicted molar refractivity (Wildman–Crippen MR) is 124 cm³/mol. The van der Waals surface area contributed by atoms with E-state index in [0.29, 0.717) is 22.1 Å². The molecule has 0 unspecified atom stereocenters. The molecule has 162 valence electrons. The number of nitrogens with zero attached hydrogens (tertiary/aromatic N) is 3. The third kappa shape index (κ3) is 4.63. The van der Waals surface area contributed by atoms with Crippen molar-refractivity contribution in [3.63, 3.8) is 0 Å². The minimum atomic E-state index is -3.87. The van der Waals surface area contributed by atoms with Gasteiger partial charge in [-0.1, -0.05) is 41.9 Å². The largest absolute Gasteiger partial charge is 0.299 e. The Morgan fingerprint density at radius 2 is 1.69 bits per heavy atom. The van der Waals surface area contributed by atoms with Crippen LogP contribution in [0, 0.1) is 6.92 Å². The summed E-state index contributed by atoms with van der Waals surface area (Å²) in [5, 5.41) is 11.5. The molecule has 0 saturated carbocycles. The maximum atomic E-state index is 12.7. The van der Waals surface area contributed by atoms with Crippen molar-refractivity contribution in [2.24, 2.45) is 10.2 Å². The monoisotopic (exact) mass is 467 g/mol.